The molecule has 1 heterocycles. The Labute approximate surface area is 189 Å². The van der Waals surface area contributed by atoms with Gasteiger partial charge in [-0.1, -0.05) is 44.0 Å². The maximum Gasteiger partial charge on any atom is 0.306 e. The van der Waals surface area contributed by atoms with Gasteiger partial charge in [0.2, 0.25) is 0 Å². The Morgan fingerprint density at radius 1 is 0.938 bits per heavy atom. The molecule has 2 aromatic carbocycles. The Bertz CT molecular complexity index is 1090. The molecule has 0 fully saturated rings. The van der Waals surface area contributed by atoms with Gasteiger partial charge in [-0.3, -0.25) is 4.79 Å². The number of nitrogens with zero attached hydrogens (tertiary/aromatic N) is 1. The minimum atomic E-state index is -3.58. The maximum absolute atomic E-state index is 13.3. The van der Waals surface area contributed by atoms with Gasteiger partial charge in [0.1, 0.15) is 11.5 Å². The maximum atomic E-state index is 13.3. The number of aryl methyl sites for hydroxylation is 1. The van der Waals surface area contributed by atoms with Gasteiger partial charge in [-0.2, -0.15) is 8.42 Å². The van der Waals surface area contributed by atoms with Gasteiger partial charge in [-0.15, -0.1) is 0 Å². The summed E-state index contributed by atoms with van der Waals surface area (Å²) in [4.78, 5) is 15.0. The number of hydrogen-bond donors (Lipinski definition) is 0. The van der Waals surface area contributed by atoms with E-state index < -0.39 is 10.1 Å². The van der Waals surface area contributed by atoms with Crippen LogP contribution in [0.4, 0.5) is 0 Å². The Morgan fingerprint density at radius 3 is 2.22 bits per heavy atom. The number of carbonyl (C=O) groups excluding carboxylic acids is 1. The summed E-state index contributed by atoms with van der Waals surface area (Å²) in [5.74, 6) is 0.823. The molecule has 0 N–H and O–H groups in total. The first-order valence-corrected chi connectivity index (χ1v) is 12.5. The van der Waals surface area contributed by atoms with Crippen molar-refractivity contribution in [3.05, 3.63) is 89.4 Å². The van der Waals surface area contributed by atoms with Crippen LogP contribution < -0.4 is 4.18 Å². The van der Waals surface area contributed by atoms with Gasteiger partial charge in [-0.05, 0) is 60.4 Å². The van der Waals surface area contributed by atoms with E-state index in [-0.39, 0.29) is 11.7 Å². The zero-order valence-corrected chi connectivity index (χ0v) is 19.3. The zero-order valence-electron chi connectivity index (χ0n) is 18.5. The van der Waals surface area contributed by atoms with Gasteiger partial charge in [0.05, 0.1) is 19.1 Å². The van der Waals surface area contributed by atoms with Crippen molar-refractivity contribution < 1.29 is 21.8 Å². The molecule has 0 atom stereocenters. The highest BCUT2D eigenvalue weighted by Crippen LogP contribution is 2.19. The number of hydrogen-bond acceptors (Lipinski definition) is 5. The van der Waals surface area contributed by atoms with Gasteiger partial charge < -0.3 is 13.5 Å². The molecular weight excluding hydrogens is 426 g/mol. The smallest absolute Gasteiger partial charge is 0.306 e. The lowest BCUT2D eigenvalue weighted by molar-refractivity contribution is 0.0717. The Morgan fingerprint density at radius 2 is 1.62 bits per heavy atom. The molecule has 7 heteroatoms. The fourth-order valence-electron chi connectivity index (χ4n) is 3.41. The van der Waals surface area contributed by atoms with Crippen molar-refractivity contribution in [1.29, 1.82) is 0 Å². The van der Waals surface area contributed by atoms with E-state index in [1.165, 1.54) is 18.4 Å². The summed E-state index contributed by atoms with van der Waals surface area (Å²) in [5.41, 5.74) is 2.70. The Balaban J connectivity index is 1.74. The fourth-order valence-corrected chi connectivity index (χ4v) is 3.87. The van der Waals surface area contributed by atoms with Crippen molar-refractivity contribution in [3.63, 3.8) is 0 Å². The molecule has 3 aromatic rings. The molecule has 1 amide bonds. The first-order valence-electron chi connectivity index (χ1n) is 10.7. The molecule has 0 aliphatic rings. The Kier molecular flexibility index (Phi) is 8.11. The number of carbonyl (C=O) groups is 1. The zero-order chi connectivity index (χ0) is 23.0. The van der Waals surface area contributed by atoms with Crippen LogP contribution in [0, 0.1) is 0 Å². The van der Waals surface area contributed by atoms with Crippen LogP contribution in [0.2, 0.25) is 0 Å². The van der Waals surface area contributed by atoms with Crippen molar-refractivity contribution >= 4 is 16.0 Å². The second-order valence-electron chi connectivity index (χ2n) is 7.83. The summed E-state index contributed by atoms with van der Waals surface area (Å²) in [6, 6.07) is 18.1. The normalized spacial score (nSPS) is 11.3. The molecule has 0 saturated carbocycles. The first-order chi connectivity index (χ1) is 15.3. The molecule has 170 valence electrons. The van der Waals surface area contributed by atoms with E-state index in [1.54, 1.807) is 41.5 Å². The van der Waals surface area contributed by atoms with E-state index >= 15 is 0 Å². The third-order valence-electron chi connectivity index (χ3n) is 5.03. The second kappa shape index (κ2) is 11.0. The van der Waals surface area contributed by atoms with Gasteiger partial charge in [-0.25, -0.2) is 0 Å². The van der Waals surface area contributed by atoms with E-state index in [9.17, 15) is 13.2 Å². The highest BCUT2D eigenvalue weighted by molar-refractivity contribution is 7.86. The fraction of sp³-hybridized carbons (Fsp3) is 0.320. The van der Waals surface area contributed by atoms with Crippen molar-refractivity contribution in [3.8, 4) is 5.75 Å². The molecule has 0 bridgehead atoms. The van der Waals surface area contributed by atoms with E-state index in [4.69, 9.17) is 8.60 Å². The van der Waals surface area contributed by atoms with Crippen molar-refractivity contribution in [2.75, 3.05) is 6.26 Å². The minimum Gasteiger partial charge on any atom is -0.467 e. The summed E-state index contributed by atoms with van der Waals surface area (Å²) in [7, 11) is -3.58. The lowest BCUT2D eigenvalue weighted by Gasteiger charge is -2.22. The molecule has 32 heavy (non-hydrogen) atoms. The topological polar surface area (TPSA) is 76.8 Å². The molecule has 6 nitrogen and oxygen atoms in total. The third kappa shape index (κ3) is 7.27. The molecule has 0 saturated heterocycles. The van der Waals surface area contributed by atoms with Crippen molar-refractivity contribution in [1.82, 2.24) is 4.90 Å². The average molecular weight is 456 g/mol. The molecule has 0 spiro atoms. The first kappa shape index (κ1) is 23.6. The minimum absolute atomic E-state index is 0.0991. The Hall–Kier alpha value is -3.06. The number of unbranched alkanes of at least 4 members (excludes halogenated alkanes) is 2. The van der Waals surface area contributed by atoms with Crippen molar-refractivity contribution in [2.24, 2.45) is 0 Å². The predicted octanol–water partition coefficient (Wildman–Crippen LogP) is 5.19. The summed E-state index contributed by atoms with van der Waals surface area (Å²) < 4.78 is 32.9. The van der Waals surface area contributed by atoms with Crippen LogP contribution in [0.15, 0.2) is 71.3 Å². The van der Waals surface area contributed by atoms with Crippen LogP contribution in [-0.4, -0.2) is 25.5 Å². The molecular formula is C25H29NO5S. The molecule has 0 radical (unpaired) electrons. The van der Waals surface area contributed by atoms with Crippen LogP contribution in [0.25, 0.3) is 0 Å². The number of rotatable bonds is 11. The number of benzene rings is 2. The third-order valence-corrected chi connectivity index (χ3v) is 5.52. The van der Waals surface area contributed by atoms with Crippen molar-refractivity contribution in [2.45, 2.75) is 45.7 Å². The lowest BCUT2D eigenvalue weighted by atomic mass is 10.0. The highest BCUT2D eigenvalue weighted by Gasteiger charge is 2.18. The van der Waals surface area contributed by atoms with E-state index in [0.717, 1.165) is 24.7 Å². The van der Waals surface area contributed by atoms with Gasteiger partial charge in [0, 0.05) is 12.1 Å². The van der Waals surface area contributed by atoms with Crippen LogP contribution in [0.5, 0.6) is 5.75 Å². The summed E-state index contributed by atoms with van der Waals surface area (Å²) in [6.45, 7) is 2.85. The molecule has 0 aliphatic heterocycles. The van der Waals surface area contributed by atoms with Crippen LogP contribution in [-0.2, 0) is 29.6 Å². The van der Waals surface area contributed by atoms with Crippen LogP contribution in [0.3, 0.4) is 0 Å². The predicted molar refractivity (Wildman–Crippen MR) is 124 cm³/mol. The van der Waals surface area contributed by atoms with E-state index in [1.807, 2.05) is 30.3 Å². The number of amides is 1. The largest absolute Gasteiger partial charge is 0.467 e. The second-order valence-corrected chi connectivity index (χ2v) is 9.40. The van der Waals surface area contributed by atoms with Gasteiger partial charge in [0.25, 0.3) is 5.91 Å². The van der Waals surface area contributed by atoms with Gasteiger partial charge in [0.15, 0.2) is 0 Å². The van der Waals surface area contributed by atoms with Gasteiger partial charge >= 0.3 is 10.1 Å². The standard InChI is InChI=1S/C25H29NO5S/c1-3-4-5-7-20-9-13-22(14-10-20)25(27)26(19-24-8-6-17-30-24)18-21-11-15-23(16-12-21)31-32(2,28)29/h6,8-17H,3-5,7,18-19H2,1-2H3. The van der Waals surface area contributed by atoms with Crippen LogP contribution >= 0.6 is 0 Å². The molecule has 0 aliphatic carbocycles. The SMILES string of the molecule is CCCCCc1ccc(C(=O)N(Cc2ccc(OS(C)(=O)=O)cc2)Cc2ccco2)cc1. The monoisotopic (exact) mass is 455 g/mol. The van der Waals surface area contributed by atoms with Crippen LogP contribution in [0.1, 0.15) is 53.4 Å². The summed E-state index contributed by atoms with van der Waals surface area (Å²) in [6.07, 6.45) is 7.12. The number of furan rings is 1. The molecule has 1 aromatic heterocycles. The summed E-state index contributed by atoms with van der Waals surface area (Å²) in [5, 5.41) is 0. The molecule has 0 unspecified atom stereocenters. The summed E-state index contributed by atoms with van der Waals surface area (Å²) >= 11 is 0. The van der Waals surface area contributed by atoms with E-state index in [2.05, 4.69) is 6.92 Å². The average Bonchev–Trinajstić information content (AvgIpc) is 3.27. The molecule has 3 rings (SSSR count). The lowest BCUT2D eigenvalue weighted by Crippen LogP contribution is -2.30. The van der Waals surface area contributed by atoms with E-state index in [0.29, 0.717) is 24.4 Å². The highest BCUT2D eigenvalue weighted by atomic mass is 32.2. The quantitative estimate of drug-likeness (QED) is 0.294.